The molecule has 1 rings (SSSR count). The number of likely N-dealkylation sites (N-methyl/N-ethyl adjacent to an activating group) is 1. The van der Waals surface area contributed by atoms with Crippen LogP contribution in [0.15, 0.2) is 0 Å². The Morgan fingerprint density at radius 2 is 2.14 bits per heavy atom. The van der Waals surface area contributed by atoms with Crippen molar-refractivity contribution < 1.29 is 9.90 Å². The third kappa shape index (κ3) is 3.04. The molecule has 0 radical (unpaired) electrons. The SMILES string of the molecule is CNCC(O)C(=O)C1CCN(C)CC1. The normalized spacial score (nSPS) is 22.2. The molecule has 1 heterocycles. The topological polar surface area (TPSA) is 52.6 Å². The Labute approximate surface area is 85.3 Å². The largest absolute Gasteiger partial charge is 0.384 e. The van der Waals surface area contributed by atoms with Gasteiger partial charge >= 0.3 is 0 Å². The van der Waals surface area contributed by atoms with Crippen LogP contribution >= 0.6 is 0 Å². The van der Waals surface area contributed by atoms with Crippen molar-refractivity contribution in [3.05, 3.63) is 0 Å². The van der Waals surface area contributed by atoms with E-state index >= 15 is 0 Å². The molecule has 0 aromatic heterocycles. The Bertz CT molecular complexity index is 189. The lowest BCUT2D eigenvalue weighted by Crippen LogP contribution is -2.40. The van der Waals surface area contributed by atoms with Gasteiger partial charge in [-0.25, -0.2) is 0 Å². The van der Waals surface area contributed by atoms with Gasteiger partial charge in [0.05, 0.1) is 0 Å². The molecule has 0 aromatic rings. The third-order valence-corrected chi connectivity index (χ3v) is 2.85. The number of hydrogen-bond acceptors (Lipinski definition) is 4. The molecule has 4 nitrogen and oxygen atoms in total. The molecule has 14 heavy (non-hydrogen) atoms. The summed E-state index contributed by atoms with van der Waals surface area (Å²) < 4.78 is 0. The quantitative estimate of drug-likeness (QED) is 0.641. The number of piperidine rings is 1. The molecule has 4 heteroatoms. The molecule has 1 fully saturated rings. The number of nitrogens with zero attached hydrogens (tertiary/aromatic N) is 1. The Hall–Kier alpha value is -0.450. The first-order chi connectivity index (χ1) is 6.65. The summed E-state index contributed by atoms with van der Waals surface area (Å²) in [5, 5.41) is 12.3. The van der Waals surface area contributed by atoms with Crippen molar-refractivity contribution in [2.75, 3.05) is 33.7 Å². The number of hydrogen-bond donors (Lipinski definition) is 2. The fourth-order valence-corrected chi connectivity index (χ4v) is 1.86. The first-order valence-electron chi connectivity index (χ1n) is 5.20. The van der Waals surface area contributed by atoms with Crippen molar-refractivity contribution in [3.8, 4) is 0 Å². The van der Waals surface area contributed by atoms with Crippen LogP contribution in [0.4, 0.5) is 0 Å². The number of Topliss-reactive ketones (excluding diaryl/α,β-unsaturated/α-hetero) is 1. The number of carbonyl (C=O) groups excluding carboxylic acids is 1. The van der Waals surface area contributed by atoms with E-state index < -0.39 is 6.10 Å². The molecule has 0 aromatic carbocycles. The molecule has 1 saturated heterocycles. The van der Waals surface area contributed by atoms with Crippen LogP contribution in [-0.2, 0) is 4.79 Å². The minimum atomic E-state index is -0.826. The summed E-state index contributed by atoms with van der Waals surface area (Å²) in [7, 11) is 3.80. The predicted octanol–water partition coefficient (Wildman–Crippen LogP) is -0.522. The second-order valence-electron chi connectivity index (χ2n) is 4.05. The zero-order chi connectivity index (χ0) is 10.6. The molecule has 1 atom stereocenters. The average molecular weight is 200 g/mol. The van der Waals surface area contributed by atoms with Crippen molar-refractivity contribution in [1.29, 1.82) is 0 Å². The van der Waals surface area contributed by atoms with Gasteiger partial charge in [-0.1, -0.05) is 0 Å². The minimum absolute atomic E-state index is 0.00690. The van der Waals surface area contributed by atoms with Crippen LogP contribution in [-0.4, -0.2) is 55.6 Å². The number of aliphatic hydroxyl groups excluding tert-OH is 1. The summed E-state index contributed by atoms with van der Waals surface area (Å²) in [6, 6.07) is 0. The highest BCUT2D eigenvalue weighted by atomic mass is 16.3. The van der Waals surface area contributed by atoms with E-state index in [0.717, 1.165) is 25.9 Å². The Morgan fingerprint density at radius 3 is 2.64 bits per heavy atom. The van der Waals surface area contributed by atoms with Gasteiger partial charge in [-0.05, 0) is 40.0 Å². The summed E-state index contributed by atoms with van der Waals surface area (Å²) in [5.41, 5.74) is 0. The van der Waals surface area contributed by atoms with Gasteiger partial charge in [0.15, 0.2) is 5.78 Å². The van der Waals surface area contributed by atoms with Crippen LogP contribution in [0, 0.1) is 5.92 Å². The molecule has 82 valence electrons. The van der Waals surface area contributed by atoms with E-state index in [4.69, 9.17) is 0 Å². The average Bonchev–Trinajstić information content (AvgIpc) is 2.18. The second-order valence-corrected chi connectivity index (χ2v) is 4.05. The molecule has 0 saturated carbocycles. The monoisotopic (exact) mass is 200 g/mol. The summed E-state index contributed by atoms with van der Waals surface area (Å²) >= 11 is 0. The highest BCUT2D eigenvalue weighted by Crippen LogP contribution is 2.18. The summed E-state index contributed by atoms with van der Waals surface area (Å²) in [4.78, 5) is 13.9. The smallest absolute Gasteiger partial charge is 0.165 e. The molecule has 0 amide bonds. The number of nitrogens with one attached hydrogen (secondary N) is 1. The minimum Gasteiger partial charge on any atom is -0.384 e. The van der Waals surface area contributed by atoms with Crippen LogP contribution in [0.2, 0.25) is 0 Å². The van der Waals surface area contributed by atoms with Crippen LogP contribution in [0.3, 0.4) is 0 Å². The lowest BCUT2D eigenvalue weighted by Gasteiger charge is -2.29. The van der Waals surface area contributed by atoms with E-state index in [0.29, 0.717) is 6.54 Å². The van der Waals surface area contributed by atoms with Crippen LogP contribution in [0.5, 0.6) is 0 Å². The van der Waals surface area contributed by atoms with E-state index in [2.05, 4.69) is 17.3 Å². The molecule has 1 unspecified atom stereocenters. The van der Waals surface area contributed by atoms with Crippen LogP contribution in [0.1, 0.15) is 12.8 Å². The lowest BCUT2D eigenvalue weighted by molar-refractivity contribution is -0.132. The van der Waals surface area contributed by atoms with E-state index in [1.807, 2.05) is 0 Å². The van der Waals surface area contributed by atoms with E-state index in [-0.39, 0.29) is 11.7 Å². The maximum absolute atomic E-state index is 11.7. The lowest BCUT2D eigenvalue weighted by atomic mass is 9.90. The van der Waals surface area contributed by atoms with E-state index in [9.17, 15) is 9.90 Å². The van der Waals surface area contributed by atoms with Crippen molar-refractivity contribution in [2.24, 2.45) is 5.92 Å². The number of aliphatic hydroxyl groups is 1. The Balaban J connectivity index is 2.37. The summed E-state index contributed by atoms with van der Waals surface area (Å²) in [6.45, 7) is 2.29. The first-order valence-corrected chi connectivity index (χ1v) is 5.20. The van der Waals surface area contributed by atoms with E-state index in [1.165, 1.54) is 0 Å². The zero-order valence-electron chi connectivity index (χ0n) is 8.99. The zero-order valence-corrected chi connectivity index (χ0v) is 8.99. The van der Waals surface area contributed by atoms with Gasteiger partial charge < -0.3 is 15.3 Å². The van der Waals surface area contributed by atoms with Gasteiger partial charge in [-0.2, -0.15) is 0 Å². The molecule has 0 bridgehead atoms. The van der Waals surface area contributed by atoms with Crippen LogP contribution in [0.25, 0.3) is 0 Å². The second kappa shape index (κ2) is 5.44. The molecular weight excluding hydrogens is 180 g/mol. The molecule has 0 spiro atoms. The number of carbonyl (C=O) groups is 1. The number of ketones is 1. The maximum Gasteiger partial charge on any atom is 0.165 e. The van der Waals surface area contributed by atoms with Gasteiger partial charge in [0, 0.05) is 12.5 Å². The van der Waals surface area contributed by atoms with Crippen molar-refractivity contribution in [1.82, 2.24) is 10.2 Å². The summed E-state index contributed by atoms with van der Waals surface area (Å²) in [5.74, 6) is 0.0713. The molecule has 1 aliphatic rings. The van der Waals surface area contributed by atoms with Gasteiger partial charge in [0.1, 0.15) is 6.10 Å². The number of rotatable bonds is 4. The van der Waals surface area contributed by atoms with Crippen molar-refractivity contribution in [3.63, 3.8) is 0 Å². The third-order valence-electron chi connectivity index (χ3n) is 2.85. The van der Waals surface area contributed by atoms with Gasteiger partial charge in [-0.15, -0.1) is 0 Å². The standard InChI is InChI=1S/C10H20N2O2/c1-11-7-9(13)10(14)8-3-5-12(2)6-4-8/h8-9,11,13H,3-7H2,1-2H3. The molecule has 1 aliphatic heterocycles. The predicted molar refractivity (Wildman–Crippen MR) is 55.2 cm³/mol. The number of likely N-dealkylation sites (tertiary alicyclic amines) is 1. The van der Waals surface area contributed by atoms with Gasteiger partial charge in [0.25, 0.3) is 0 Å². The maximum atomic E-state index is 11.7. The Kier molecular flexibility index (Phi) is 4.51. The summed E-state index contributed by atoms with van der Waals surface area (Å²) in [6.07, 6.45) is 0.945. The molecular formula is C10H20N2O2. The van der Waals surface area contributed by atoms with Gasteiger partial charge in [-0.3, -0.25) is 4.79 Å². The highest BCUT2D eigenvalue weighted by molar-refractivity contribution is 5.85. The van der Waals surface area contributed by atoms with Crippen LogP contribution < -0.4 is 5.32 Å². The fourth-order valence-electron chi connectivity index (χ4n) is 1.86. The van der Waals surface area contributed by atoms with E-state index in [1.54, 1.807) is 7.05 Å². The Morgan fingerprint density at radius 1 is 1.57 bits per heavy atom. The van der Waals surface area contributed by atoms with Crippen molar-refractivity contribution >= 4 is 5.78 Å². The molecule has 0 aliphatic carbocycles. The molecule has 2 N–H and O–H groups in total. The highest BCUT2D eigenvalue weighted by Gasteiger charge is 2.27. The van der Waals surface area contributed by atoms with Gasteiger partial charge in [0.2, 0.25) is 0 Å². The van der Waals surface area contributed by atoms with Crippen molar-refractivity contribution in [2.45, 2.75) is 18.9 Å². The fraction of sp³-hybridized carbons (Fsp3) is 0.900. The first kappa shape index (κ1) is 11.6.